The highest BCUT2D eigenvalue weighted by Crippen LogP contribution is 2.46. The molecule has 0 radical (unpaired) electrons. The van der Waals surface area contributed by atoms with E-state index in [4.69, 9.17) is 0 Å². The first-order chi connectivity index (χ1) is 25.6. The summed E-state index contributed by atoms with van der Waals surface area (Å²) in [6.45, 7) is 13.7. The van der Waals surface area contributed by atoms with E-state index in [1.807, 2.05) is 0 Å². The Morgan fingerprint density at radius 2 is 0.736 bits per heavy atom. The van der Waals surface area contributed by atoms with E-state index < -0.39 is 0 Å². The topological polar surface area (TPSA) is 4.93 Å². The Morgan fingerprint density at radius 1 is 0.321 bits per heavy atom. The van der Waals surface area contributed by atoms with Crippen LogP contribution >= 0.6 is 0 Å². The Labute approximate surface area is 313 Å². The molecular formula is C52H45N. The fraction of sp³-hybridized carbons (Fsp3) is 0.154. The highest BCUT2D eigenvalue weighted by Gasteiger charge is 2.21. The van der Waals surface area contributed by atoms with Crippen molar-refractivity contribution in [3.8, 4) is 39.1 Å². The third kappa shape index (κ3) is 5.63. The molecule has 0 aliphatic heterocycles. The molecule has 0 saturated heterocycles. The molecule has 0 spiro atoms. The Kier molecular flexibility index (Phi) is 7.68. The third-order valence-corrected chi connectivity index (χ3v) is 11.1. The van der Waals surface area contributed by atoms with Crippen molar-refractivity contribution in [2.75, 3.05) is 0 Å². The van der Waals surface area contributed by atoms with Crippen molar-refractivity contribution < 1.29 is 0 Å². The van der Waals surface area contributed by atoms with E-state index >= 15 is 0 Å². The van der Waals surface area contributed by atoms with Gasteiger partial charge in [0.05, 0.1) is 11.0 Å². The van der Waals surface area contributed by atoms with Gasteiger partial charge in [-0.3, -0.25) is 0 Å². The molecule has 0 aliphatic carbocycles. The van der Waals surface area contributed by atoms with Crippen molar-refractivity contribution >= 4 is 43.4 Å². The molecule has 0 atom stereocenters. The van der Waals surface area contributed by atoms with Gasteiger partial charge in [-0.2, -0.15) is 0 Å². The maximum Gasteiger partial charge on any atom is 0.0541 e. The lowest BCUT2D eigenvalue weighted by Gasteiger charge is -2.22. The summed E-state index contributed by atoms with van der Waals surface area (Å²) in [6.07, 6.45) is 0. The normalized spacial score (nSPS) is 12.3. The average molecular weight is 684 g/mol. The molecule has 1 heterocycles. The molecule has 1 heteroatoms. The van der Waals surface area contributed by atoms with Gasteiger partial charge in [0.2, 0.25) is 0 Å². The molecule has 1 aromatic heterocycles. The molecule has 0 bridgehead atoms. The Morgan fingerprint density at radius 3 is 1.30 bits per heavy atom. The minimum absolute atomic E-state index is 0.0845. The molecule has 258 valence electrons. The summed E-state index contributed by atoms with van der Waals surface area (Å²) >= 11 is 0. The summed E-state index contributed by atoms with van der Waals surface area (Å²) in [5.41, 5.74) is 14.0. The summed E-state index contributed by atoms with van der Waals surface area (Å²) in [7, 11) is 0. The van der Waals surface area contributed by atoms with Crippen LogP contribution in [0.3, 0.4) is 0 Å². The number of hydrogen-bond donors (Lipinski definition) is 0. The molecule has 0 amide bonds. The predicted octanol–water partition coefficient (Wildman–Crippen LogP) is 14.7. The zero-order chi connectivity index (χ0) is 36.5. The van der Waals surface area contributed by atoms with Crippen LogP contribution < -0.4 is 0 Å². The first kappa shape index (κ1) is 33.0. The Balaban J connectivity index is 1.31. The van der Waals surface area contributed by atoms with E-state index in [2.05, 4.69) is 210 Å². The van der Waals surface area contributed by atoms with E-state index in [-0.39, 0.29) is 10.8 Å². The van der Waals surface area contributed by atoms with Crippen molar-refractivity contribution in [2.24, 2.45) is 0 Å². The number of aromatic nitrogens is 1. The van der Waals surface area contributed by atoms with Crippen LogP contribution in [-0.2, 0) is 10.8 Å². The smallest absolute Gasteiger partial charge is 0.0541 e. The third-order valence-electron chi connectivity index (χ3n) is 11.1. The van der Waals surface area contributed by atoms with Crippen LogP contribution in [0.4, 0.5) is 0 Å². The summed E-state index contributed by atoms with van der Waals surface area (Å²) in [5, 5.41) is 7.62. The molecule has 0 N–H and O–H groups in total. The van der Waals surface area contributed by atoms with Gasteiger partial charge in [0.15, 0.2) is 0 Å². The maximum atomic E-state index is 2.44. The van der Waals surface area contributed by atoms with Gasteiger partial charge in [-0.05, 0) is 113 Å². The van der Waals surface area contributed by atoms with Crippen LogP contribution in [0.15, 0.2) is 164 Å². The molecule has 1 nitrogen and oxygen atoms in total. The van der Waals surface area contributed by atoms with Crippen molar-refractivity contribution in [1.82, 2.24) is 4.57 Å². The summed E-state index contributed by atoms with van der Waals surface area (Å²) < 4.78 is 2.39. The Hall–Kier alpha value is -5.92. The first-order valence-electron chi connectivity index (χ1n) is 18.9. The van der Waals surface area contributed by atoms with E-state index in [1.165, 1.54) is 93.5 Å². The van der Waals surface area contributed by atoms with Gasteiger partial charge < -0.3 is 4.57 Å². The largest absolute Gasteiger partial charge is 0.309 e. The van der Waals surface area contributed by atoms with Gasteiger partial charge in [0, 0.05) is 16.5 Å². The van der Waals surface area contributed by atoms with Gasteiger partial charge >= 0.3 is 0 Å². The fourth-order valence-corrected chi connectivity index (χ4v) is 8.26. The molecule has 8 aromatic carbocycles. The molecule has 0 aliphatic rings. The van der Waals surface area contributed by atoms with Gasteiger partial charge in [0.1, 0.15) is 0 Å². The van der Waals surface area contributed by atoms with E-state index in [9.17, 15) is 0 Å². The van der Waals surface area contributed by atoms with Crippen LogP contribution in [-0.4, -0.2) is 4.57 Å². The lowest BCUT2D eigenvalue weighted by molar-refractivity contribution is 0.590. The van der Waals surface area contributed by atoms with Crippen molar-refractivity contribution in [2.45, 2.75) is 52.4 Å². The second-order valence-electron chi connectivity index (χ2n) is 16.6. The van der Waals surface area contributed by atoms with Crippen LogP contribution in [0.25, 0.3) is 82.4 Å². The van der Waals surface area contributed by atoms with E-state index in [0.29, 0.717) is 0 Å². The lowest BCUT2D eigenvalue weighted by Crippen LogP contribution is -2.10. The molecule has 0 saturated carbocycles. The second kappa shape index (κ2) is 12.3. The van der Waals surface area contributed by atoms with E-state index in [0.717, 1.165) is 0 Å². The number of rotatable bonds is 4. The minimum Gasteiger partial charge on any atom is -0.309 e. The molecule has 9 rings (SSSR count). The van der Waals surface area contributed by atoms with Crippen LogP contribution in [0.5, 0.6) is 0 Å². The van der Waals surface area contributed by atoms with Crippen molar-refractivity contribution in [3.63, 3.8) is 0 Å². The van der Waals surface area contributed by atoms with Gasteiger partial charge in [-0.15, -0.1) is 0 Å². The number of hydrogen-bond acceptors (Lipinski definition) is 0. The lowest BCUT2D eigenvalue weighted by atomic mass is 9.82. The fourth-order valence-electron chi connectivity index (χ4n) is 8.26. The van der Waals surface area contributed by atoms with Crippen molar-refractivity contribution in [1.29, 1.82) is 0 Å². The summed E-state index contributed by atoms with van der Waals surface area (Å²) in [4.78, 5) is 0. The van der Waals surface area contributed by atoms with E-state index in [1.54, 1.807) is 0 Å². The highest BCUT2D eigenvalue weighted by atomic mass is 15.0. The summed E-state index contributed by atoms with van der Waals surface area (Å²) in [6, 6.07) is 61.1. The van der Waals surface area contributed by atoms with Crippen LogP contribution in [0.2, 0.25) is 0 Å². The quantitative estimate of drug-likeness (QED) is 0.163. The molecule has 0 unspecified atom stereocenters. The van der Waals surface area contributed by atoms with Gasteiger partial charge in [-0.25, -0.2) is 0 Å². The maximum absolute atomic E-state index is 2.44. The van der Waals surface area contributed by atoms with Crippen molar-refractivity contribution in [3.05, 3.63) is 175 Å². The second-order valence-corrected chi connectivity index (χ2v) is 16.6. The predicted molar refractivity (Wildman–Crippen MR) is 230 cm³/mol. The SMILES string of the molecule is CC(C)(C)c1ccc(-c2c3ccccc3c(-c3ccc(C(C)(C)C)cc3)c3cc(-c4ccc5c(c4)c4ccccc4n5-c4ccccc4)ccc23)cc1. The number of benzene rings is 8. The zero-order valence-corrected chi connectivity index (χ0v) is 31.5. The van der Waals surface area contributed by atoms with Gasteiger partial charge in [0.25, 0.3) is 0 Å². The summed E-state index contributed by atoms with van der Waals surface area (Å²) in [5.74, 6) is 0. The van der Waals surface area contributed by atoms with Gasteiger partial charge in [-0.1, -0.05) is 169 Å². The molecule has 9 aromatic rings. The monoisotopic (exact) mass is 683 g/mol. The Bertz CT molecular complexity index is 2800. The van der Waals surface area contributed by atoms with Crippen LogP contribution in [0.1, 0.15) is 52.7 Å². The zero-order valence-electron chi connectivity index (χ0n) is 31.5. The number of nitrogens with zero attached hydrogens (tertiary/aromatic N) is 1. The van der Waals surface area contributed by atoms with Crippen LogP contribution in [0, 0.1) is 0 Å². The average Bonchev–Trinajstić information content (AvgIpc) is 3.50. The minimum atomic E-state index is 0.0845. The number of para-hydroxylation sites is 2. The highest BCUT2D eigenvalue weighted by molar-refractivity contribution is 6.22. The molecule has 0 fully saturated rings. The standard InChI is InChI=1S/C52H45N/c1-51(2,3)38-26-20-34(21-27-38)49-42-17-10-11-18-43(42)50(35-22-28-39(29-23-35)52(4,5)6)46-33-36(24-30-44(46)49)37-25-31-48-45(32-37)41-16-12-13-19-47(41)53(48)40-14-8-7-9-15-40/h7-33H,1-6H3. The molecule has 53 heavy (non-hydrogen) atoms. The number of fused-ring (bicyclic) bond motifs is 5. The molecular weight excluding hydrogens is 639 g/mol. The first-order valence-corrected chi connectivity index (χ1v) is 18.9.